The van der Waals surface area contributed by atoms with Crippen molar-refractivity contribution in [2.75, 3.05) is 26.7 Å². The molecule has 2 aromatic heterocycles. The Kier molecular flexibility index (Phi) is 22.9. The van der Waals surface area contributed by atoms with Crippen LogP contribution in [0.1, 0.15) is 136 Å². The first-order valence-corrected chi connectivity index (χ1v) is 31.6. The Balaban J connectivity index is 0.00000265. The molecule has 456 valence electrons. The van der Waals surface area contributed by atoms with E-state index in [9.17, 15) is 24.0 Å². The van der Waals surface area contributed by atoms with Gasteiger partial charge in [0.25, 0.3) is 11.8 Å². The monoisotopic (exact) mass is 1210 g/mol. The number of aromatic nitrogens is 2. The Morgan fingerprint density at radius 3 is 1.62 bits per heavy atom. The number of likely N-dealkylation sites (N-methyl/N-ethyl adjacent to an activating group) is 1. The third kappa shape index (κ3) is 16.1. The summed E-state index contributed by atoms with van der Waals surface area (Å²) in [7, 11) is 1.69. The van der Waals surface area contributed by atoms with Crippen LogP contribution < -0.4 is 27.0 Å². The number of carbonyl (C=O) groups excluding carboxylic acids is 5. The van der Waals surface area contributed by atoms with Crippen molar-refractivity contribution in [3.63, 3.8) is 0 Å². The minimum Gasteiger partial charge on any atom is -0.347 e. The van der Waals surface area contributed by atoms with E-state index < -0.39 is 35.0 Å². The molecule has 0 spiro atoms. The minimum atomic E-state index is -0.838. The third-order valence-corrected chi connectivity index (χ3v) is 17.4. The summed E-state index contributed by atoms with van der Waals surface area (Å²) in [5.41, 5.74) is 16.0. The second-order valence-corrected chi connectivity index (χ2v) is 25.5. The maximum absolute atomic E-state index is 14.8. The molecule has 2 saturated heterocycles. The molecule has 6 N–H and O–H groups in total. The summed E-state index contributed by atoms with van der Waals surface area (Å²) >= 11 is 2.99. The fraction of sp³-hybridized carbons (Fsp3) is 0.338. The molecule has 87 heavy (non-hydrogen) atoms. The first-order valence-electron chi connectivity index (χ1n) is 29.8. The molecule has 0 bridgehead atoms. The molecule has 5 aromatic carbocycles. The van der Waals surface area contributed by atoms with E-state index in [1.165, 1.54) is 22.7 Å². The van der Waals surface area contributed by atoms with E-state index >= 15 is 0 Å². The molecule has 5 amide bonds. The largest absolute Gasteiger partial charge is 0.347 e. The Bertz CT molecular complexity index is 3530. The van der Waals surface area contributed by atoms with Gasteiger partial charge in [-0.1, -0.05) is 177 Å². The minimum absolute atomic E-state index is 0.0589. The van der Waals surface area contributed by atoms with Crippen molar-refractivity contribution >= 4 is 63.4 Å². The topological polar surface area (TPSA) is 192 Å². The Morgan fingerprint density at radius 2 is 1.11 bits per heavy atom. The van der Waals surface area contributed by atoms with Gasteiger partial charge in [-0.2, -0.15) is 0 Å². The molecule has 2 fully saturated rings. The molecule has 14 nitrogen and oxygen atoms in total. The van der Waals surface area contributed by atoms with Gasteiger partial charge in [-0.05, 0) is 102 Å². The van der Waals surface area contributed by atoms with Crippen molar-refractivity contribution in [3.8, 4) is 33.5 Å². The summed E-state index contributed by atoms with van der Waals surface area (Å²) < 4.78 is 0. The van der Waals surface area contributed by atoms with E-state index in [2.05, 4.69) is 83.8 Å². The van der Waals surface area contributed by atoms with Gasteiger partial charge in [0.1, 0.15) is 16.1 Å². The molecular formula is C71H85N9O5S2. The van der Waals surface area contributed by atoms with Crippen molar-refractivity contribution in [1.82, 2.24) is 41.0 Å². The van der Waals surface area contributed by atoms with Gasteiger partial charge in [0, 0.05) is 58.2 Å². The van der Waals surface area contributed by atoms with Gasteiger partial charge in [0.05, 0.1) is 36.1 Å². The second-order valence-electron chi connectivity index (χ2n) is 23.7. The average Bonchev–Trinajstić information content (AvgIpc) is 1.89. The van der Waals surface area contributed by atoms with Crippen LogP contribution in [-0.4, -0.2) is 100 Å². The van der Waals surface area contributed by atoms with E-state index in [0.717, 1.165) is 65.9 Å². The molecule has 0 saturated carbocycles. The van der Waals surface area contributed by atoms with Crippen LogP contribution in [-0.2, 0) is 14.4 Å². The third-order valence-electron chi connectivity index (χ3n) is 15.5. The highest BCUT2D eigenvalue weighted by Crippen LogP contribution is 2.41. The summed E-state index contributed by atoms with van der Waals surface area (Å²) in [6.45, 7) is 26.3. The zero-order valence-electron chi connectivity index (χ0n) is 52.1. The summed E-state index contributed by atoms with van der Waals surface area (Å²) in [5, 5.41) is 17.9. The number of nitrogens with zero attached hydrogens (tertiary/aromatic N) is 4. The van der Waals surface area contributed by atoms with Gasteiger partial charge in [-0.3, -0.25) is 24.0 Å². The normalized spacial score (nSPS) is 17.7. The lowest BCUT2D eigenvalue weighted by molar-refractivity contribution is -0.140. The summed E-state index contributed by atoms with van der Waals surface area (Å²) in [4.78, 5) is 83.9. The van der Waals surface area contributed by atoms with Crippen molar-refractivity contribution in [2.24, 2.45) is 16.6 Å². The number of likely N-dealkylation sites (tertiary alicyclic amines) is 2. The van der Waals surface area contributed by atoms with E-state index in [0.29, 0.717) is 24.0 Å². The average molecular weight is 1210 g/mol. The number of hydrogen-bond acceptors (Lipinski definition) is 11. The quantitative estimate of drug-likeness (QED) is 0.0436. The molecule has 6 unspecified atom stereocenters. The zero-order valence-corrected chi connectivity index (χ0v) is 53.8. The van der Waals surface area contributed by atoms with Crippen LogP contribution in [0.5, 0.6) is 0 Å². The van der Waals surface area contributed by atoms with Crippen LogP contribution in [0.15, 0.2) is 170 Å². The predicted octanol–water partition coefficient (Wildman–Crippen LogP) is 13.2. The van der Waals surface area contributed by atoms with Gasteiger partial charge in [0.15, 0.2) is 0 Å². The Morgan fingerprint density at radius 1 is 0.632 bits per heavy atom. The van der Waals surface area contributed by atoms with Gasteiger partial charge >= 0.3 is 0 Å². The molecule has 7 aromatic rings. The smallest absolute Gasteiger partial charge is 0.251 e. The highest BCUT2D eigenvalue weighted by atomic mass is 32.1. The number of thiazole rings is 2. The summed E-state index contributed by atoms with van der Waals surface area (Å²) in [6.07, 6.45) is 4.94. The van der Waals surface area contributed by atoms with Crippen LogP contribution in [0.2, 0.25) is 0 Å². The van der Waals surface area contributed by atoms with E-state index in [4.69, 9.17) is 15.7 Å². The molecule has 6 atom stereocenters. The Labute approximate surface area is 522 Å². The number of carbonyl (C=O) groups is 5. The number of hydrogen-bond donors (Lipinski definition) is 5. The SMILES string of the molecule is C/C=C\C(=C(/C)c1ccccc1)c1csc(C2CC(NC(=O)c3ccc(-c4ccc(C(=O)NC5CC(c6nc(-c7ccccc7-c7ccccc7)cs6)N(C(=O)C(N)C(C)(C)C)C5)cc4)cc3)CN2C(=O)C(NC(=O)CNC)C(C)(C)C)n1.C=C.CC. The highest BCUT2D eigenvalue weighted by Gasteiger charge is 2.45. The molecule has 16 heteroatoms. The lowest BCUT2D eigenvalue weighted by Gasteiger charge is -2.35. The molecule has 4 heterocycles. The molecule has 0 radical (unpaired) electrons. The molecule has 0 aliphatic carbocycles. The van der Waals surface area contributed by atoms with Gasteiger partial charge in [-0.25, -0.2) is 9.97 Å². The fourth-order valence-corrected chi connectivity index (χ4v) is 12.7. The predicted molar refractivity (Wildman–Crippen MR) is 357 cm³/mol. The fourth-order valence-electron chi connectivity index (χ4n) is 10.9. The number of nitrogens with one attached hydrogen (secondary N) is 4. The van der Waals surface area contributed by atoms with Crippen molar-refractivity contribution in [3.05, 3.63) is 202 Å². The van der Waals surface area contributed by atoms with Crippen molar-refractivity contribution in [1.29, 1.82) is 0 Å². The first-order chi connectivity index (χ1) is 41.7. The maximum Gasteiger partial charge on any atom is 0.251 e. The van der Waals surface area contributed by atoms with Crippen molar-refractivity contribution < 1.29 is 24.0 Å². The Hall–Kier alpha value is -8.15. The van der Waals surface area contributed by atoms with Crippen LogP contribution in [0.3, 0.4) is 0 Å². The number of rotatable bonds is 17. The number of nitrogens with two attached hydrogens (primary N) is 1. The highest BCUT2D eigenvalue weighted by molar-refractivity contribution is 7.10. The molecule has 2 aliphatic heterocycles. The van der Waals surface area contributed by atoms with Crippen LogP contribution >= 0.6 is 22.7 Å². The zero-order chi connectivity index (χ0) is 63.2. The number of benzene rings is 5. The van der Waals surface area contributed by atoms with Crippen LogP contribution in [0.25, 0.3) is 44.7 Å². The standard InChI is InChI=1S/C67H75N9O5S2.C2H6.C2H4/c1-10-19-50(41(2)42-20-13-11-14-21-42)53-39-82-63(72-53)56-35-49(38-76(56)65(81)59(67(6,7)8)74-57(77)36-69-9)71-61(79)47-32-28-44(29-33-47)43-26-30-46(31-27-43)60(78)70-48-34-55(75(37-48)64(80)58(68)66(3,4)5)62-73-54(40-83-62)52-25-18-17-24-51(52)45-22-15-12-16-23-45;2*1-2/h10-33,39-40,48-49,55-56,58-59,69H,34-38,68H2,1-9H3,(H,70,78)(H,71,79)(H,74,77);1-2H3;1-2H2/b19-10-,50-41-;;. The summed E-state index contributed by atoms with van der Waals surface area (Å²) in [6, 6.07) is 39.9. The van der Waals surface area contributed by atoms with E-state index in [-0.39, 0.29) is 61.3 Å². The molecule has 2 aliphatic rings. The second kappa shape index (κ2) is 30.0. The van der Waals surface area contributed by atoms with Gasteiger partial charge in [0.2, 0.25) is 17.7 Å². The van der Waals surface area contributed by atoms with Crippen molar-refractivity contribution in [2.45, 2.75) is 118 Å². The summed E-state index contributed by atoms with van der Waals surface area (Å²) in [5.74, 6) is -1.26. The first kappa shape index (κ1) is 66.4. The van der Waals surface area contributed by atoms with E-state index in [1.807, 2.05) is 152 Å². The maximum atomic E-state index is 14.8. The van der Waals surface area contributed by atoms with Crippen LogP contribution in [0, 0.1) is 10.8 Å². The molecular weight excluding hydrogens is 1120 g/mol. The lowest BCUT2D eigenvalue weighted by Crippen LogP contribution is -2.56. The lowest BCUT2D eigenvalue weighted by atomic mass is 9.85. The van der Waals surface area contributed by atoms with Crippen LogP contribution in [0.4, 0.5) is 0 Å². The van der Waals surface area contributed by atoms with E-state index in [1.54, 1.807) is 41.1 Å². The van der Waals surface area contributed by atoms with Gasteiger partial charge < -0.3 is 36.8 Å². The number of allylic oxidation sites excluding steroid dienone is 4. The van der Waals surface area contributed by atoms with Gasteiger partial charge in [-0.15, -0.1) is 35.8 Å². The number of amides is 5. The molecule has 9 rings (SSSR count).